The minimum Gasteiger partial charge on any atom is -0.462 e. The molecule has 0 bridgehead atoms. The number of aryl methyl sites for hydroxylation is 1. The van der Waals surface area contributed by atoms with E-state index in [0.717, 1.165) is 21.3 Å². The average molecular weight is 440 g/mol. The molecule has 1 aromatic heterocycles. The quantitative estimate of drug-likeness (QED) is 0.610. The van der Waals surface area contributed by atoms with Crippen molar-refractivity contribution in [2.45, 2.75) is 19.9 Å². The number of H-pyrrole nitrogens is 1. The highest BCUT2D eigenvalue weighted by Gasteiger charge is 2.42. The lowest BCUT2D eigenvalue weighted by Crippen LogP contribution is -2.29. The maximum absolute atomic E-state index is 13.1. The molecule has 2 heterocycles. The molecule has 0 radical (unpaired) electrons. The number of hydrogen-bond donors (Lipinski definition) is 1. The number of nitrogens with zero attached hydrogens (tertiary/aromatic N) is 2. The van der Waals surface area contributed by atoms with E-state index in [4.69, 9.17) is 4.74 Å². The highest BCUT2D eigenvalue weighted by molar-refractivity contribution is 9.10. The van der Waals surface area contributed by atoms with Crippen molar-refractivity contribution in [3.05, 3.63) is 81.1 Å². The Morgan fingerprint density at radius 1 is 1.18 bits per heavy atom. The second-order valence-electron chi connectivity index (χ2n) is 6.51. The summed E-state index contributed by atoms with van der Waals surface area (Å²) in [5.41, 5.74) is 4.30. The molecule has 0 aliphatic carbocycles. The Kier molecular flexibility index (Phi) is 4.77. The summed E-state index contributed by atoms with van der Waals surface area (Å²) in [5.74, 6) is -0.550. The van der Waals surface area contributed by atoms with Gasteiger partial charge in [-0.2, -0.15) is 5.10 Å². The van der Waals surface area contributed by atoms with Crippen LogP contribution in [-0.2, 0) is 4.74 Å². The zero-order chi connectivity index (χ0) is 19.8. The van der Waals surface area contributed by atoms with E-state index >= 15 is 0 Å². The highest BCUT2D eigenvalue weighted by atomic mass is 79.9. The van der Waals surface area contributed by atoms with Gasteiger partial charge < -0.3 is 4.74 Å². The zero-order valence-corrected chi connectivity index (χ0v) is 17.0. The number of benzene rings is 2. The molecule has 0 fully saturated rings. The molecule has 142 valence electrons. The molecule has 0 spiro atoms. The Bertz CT molecular complexity index is 1040. The van der Waals surface area contributed by atoms with Crippen LogP contribution < -0.4 is 4.90 Å². The first-order valence-electron chi connectivity index (χ1n) is 8.92. The molecule has 2 aromatic carbocycles. The molecule has 1 amide bonds. The summed E-state index contributed by atoms with van der Waals surface area (Å²) in [7, 11) is 0. The van der Waals surface area contributed by atoms with Gasteiger partial charge in [0.05, 0.1) is 18.2 Å². The molecule has 4 rings (SSSR count). The normalized spacial score (nSPS) is 15.6. The molecule has 28 heavy (non-hydrogen) atoms. The molecule has 1 N–H and O–H groups in total. The number of hydrogen-bond acceptors (Lipinski definition) is 4. The van der Waals surface area contributed by atoms with Gasteiger partial charge in [0.2, 0.25) is 0 Å². The number of rotatable bonds is 4. The van der Waals surface area contributed by atoms with Crippen LogP contribution in [-0.4, -0.2) is 28.7 Å². The van der Waals surface area contributed by atoms with Crippen molar-refractivity contribution < 1.29 is 14.3 Å². The number of ether oxygens (including phenoxy) is 1. The van der Waals surface area contributed by atoms with E-state index in [0.29, 0.717) is 23.6 Å². The molecule has 0 saturated carbocycles. The zero-order valence-electron chi connectivity index (χ0n) is 15.4. The Balaban J connectivity index is 1.77. The summed E-state index contributed by atoms with van der Waals surface area (Å²) in [5, 5.41) is 7.14. The molecule has 7 heteroatoms. The molecule has 1 atom stereocenters. The fraction of sp³-hybridized carbons (Fsp3) is 0.190. The van der Waals surface area contributed by atoms with Crippen molar-refractivity contribution in [1.82, 2.24) is 10.2 Å². The van der Waals surface area contributed by atoms with Crippen molar-refractivity contribution in [3.63, 3.8) is 0 Å². The van der Waals surface area contributed by atoms with Gasteiger partial charge >= 0.3 is 5.97 Å². The van der Waals surface area contributed by atoms with Crippen LogP contribution in [0.25, 0.3) is 0 Å². The van der Waals surface area contributed by atoms with Crippen LogP contribution in [0.15, 0.2) is 53.0 Å². The average Bonchev–Trinajstić information content (AvgIpc) is 3.21. The Hall–Kier alpha value is -2.93. The van der Waals surface area contributed by atoms with Gasteiger partial charge in [0.1, 0.15) is 0 Å². The van der Waals surface area contributed by atoms with Crippen LogP contribution in [0.5, 0.6) is 0 Å². The largest absolute Gasteiger partial charge is 0.462 e. The molecule has 1 aliphatic heterocycles. The van der Waals surface area contributed by atoms with Crippen molar-refractivity contribution in [1.29, 1.82) is 0 Å². The smallest absolute Gasteiger partial charge is 0.338 e. The second kappa shape index (κ2) is 7.24. The number of carbonyl (C=O) groups excluding carboxylic acids is 2. The van der Waals surface area contributed by atoms with Crippen LogP contribution in [0.3, 0.4) is 0 Å². The fourth-order valence-electron chi connectivity index (χ4n) is 3.50. The van der Waals surface area contributed by atoms with Crippen molar-refractivity contribution in [2.24, 2.45) is 0 Å². The van der Waals surface area contributed by atoms with E-state index in [-0.39, 0.29) is 17.9 Å². The summed E-state index contributed by atoms with van der Waals surface area (Å²) in [6, 6.07) is 14.5. The Morgan fingerprint density at radius 3 is 2.50 bits per heavy atom. The summed E-state index contributed by atoms with van der Waals surface area (Å²) < 4.78 is 6.00. The van der Waals surface area contributed by atoms with E-state index in [9.17, 15) is 9.59 Å². The number of nitrogens with one attached hydrogen (secondary N) is 1. The van der Waals surface area contributed by atoms with Gasteiger partial charge in [-0.25, -0.2) is 4.79 Å². The fourth-order valence-corrected chi connectivity index (χ4v) is 3.76. The Morgan fingerprint density at radius 2 is 1.86 bits per heavy atom. The maximum atomic E-state index is 13.1. The van der Waals surface area contributed by atoms with Crippen LogP contribution in [0.2, 0.25) is 0 Å². The molecule has 1 aliphatic rings. The monoisotopic (exact) mass is 439 g/mol. The van der Waals surface area contributed by atoms with Crippen molar-refractivity contribution in [3.8, 4) is 0 Å². The van der Waals surface area contributed by atoms with Gasteiger partial charge in [-0.3, -0.25) is 14.8 Å². The SMILES string of the molecule is CCOC(=O)c1ccc(N2C(=O)c3n[nH]c(C)c3[C@@H]2c2ccc(Br)cc2)cc1. The first-order valence-corrected chi connectivity index (χ1v) is 9.71. The third-order valence-electron chi connectivity index (χ3n) is 4.79. The number of carbonyl (C=O) groups is 2. The predicted octanol–water partition coefficient (Wildman–Crippen LogP) is 4.41. The third-order valence-corrected chi connectivity index (χ3v) is 5.32. The predicted molar refractivity (Wildman–Crippen MR) is 109 cm³/mol. The van der Waals surface area contributed by atoms with Gasteiger partial charge in [0.15, 0.2) is 5.69 Å². The number of esters is 1. The molecule has 6 nitrogen and oxygen atoms in total. The number of aromatic nitrogens is 2. The van der Waals surface area contributed by atoms with Gasteiger partial charge in [0.25, 0.3) is 5.91 Å². The van der Waals surface area contributed by atoms with Crippen molar-refractivity contribution in [2.75, 3.05) is 11.5 Å². The van der Waals surface area contributed by atoms with Crippen LogP contribution in [0, 0.1) is 6.92 Å². The van der Waals surface area contributed by atoms with Crippen LogP contribution >= 0.6 is 15.9 Å². The number of fused-ring (bicyclic) bond motifs is 1. The lowest BCUT2D eigenvalue weighted by Gasteiger charge is -2.26. The first-order chi connectivity index (χ1) is 13.5. The number of halogens is 1. The third kappa shape index (κ3) is 3.01. The topological polar surface area (TPSA) is 75.3 Å². The lowest BCUT2D eigenvalue weighted by molar-refractivity contribution is 0.0526. The highest BCUT2D eigenvalue weighted by Crippen LogP contribution is 2.42. The molecule has 0 saturated heterocycles. The maximum Gasteiger partial charge on any atom is 0.338 e. The summed E-state index contributed by atoms with van der Waals surface area (Å²) in [6.07, 6.45) is 0. The molecule has 3 aromatic rings. The minimum absolute atomic E-state index is 0.170. The summed E-state index contributed by atoms with van der Waals surface area (Å²) >= 11 is 3.46. The Labute approximate surface area is 170 Å². The summed E-state index contributed by atoms with van der Waals surface area (Å²) in [4.78, 5) is 26.8. The van der Waals surface area contributed by atoms with E-state index in [1.165, 1.54) is 0 Å². The minimum atomic E-state index is -0.379. The molecular formula is C21H18BrN3O3. The molecule has 0 unspecified atom stereocenters. The van der Waals surface area contributed by atoms with E-state index in [1.807, 2.05) is 31.2 Å². The lowest BCUT2D eigenvalue weighted by atomic mass is 9.99. The van der Waals surface area contributed by atoms with Gasteiger partial charge in [-0.15, -0.1) is 0 Å². The summed E-state index contributed by atoms with van der Waals surface area (Å²) in [6.45, 7) is 4.00. The molecular weight excluding hydrogens is 422 g/mol. The van der Waals surface area contributed by atoms with E-state index < -0.39 is 0 Å². The van der Waals surface area contributed by atoms with Crippen LogP contribution in [0.4, 0.5) is 5.69 Å². The van der Waals surface area contributed by atoms with E-state index in [1.54, 1.807) is 36.1 Å². The van der Waals surface area contributed by atoms with Gasteiger partial charge in [-0.05, 0) is 55.8 Å². The van der Waals surface area contributed by atoms with Gasteiger partial charge in [0, 0.05) is 21.4 Å². The number of anilines is 1. The number of amides is 1. The van der Waals surface area contributed by atoms with E-state index in [2.05, 4.69) is 26.1 Å². The first kappa shape index (κ1) is 18.4. The van der Waals surface area contributed by atoms with Gasteiger partial charge in [-0.1, -0.05) is 28.1 Å². The number of aromatic amines is 1. The standard InChI is InChI=1S/C21H18BrN3O3/c1-3-28-21(27)14-6-10-16(11-7-14)25-19(13-4-8-15(22)9-5-13)17-12(2)23-24-18(17)20(25)26/h4-11,19H,3H2,1-2H3,(H,23,24)/t19-/m0/s1. The second-order valence-corrected chi connectivity index (χ2v) is 7.42. The van der Waals surface area contributed by atoms with Crippen LogP contribution in [0.1, 0.15) is 50.6 Å². The van der Waals surface area contributed by atoms with Crippen molar-refractivity contribution >= 4 is 33.5 Å².